The van der Waals surface area contributed by atoms with E-state index in [1.807, 2.05) is 0 Å². The van der Waals surface area contributed by atoms with Crippen LogP contribution in [-0.2, 0) is 0 Å². The highest BCUT2D eigenvalue weighted by atomic mass is 32.2. The highest BCUT2D eigenvalue weighted by molar-refractivity contribution is 7.99. The van der Waals surface area contributed by atoms with Gasteiger partial charge in [-0.15, -0.1) is 0 Å². The molecule has 102 valence electrons. The molecule has 0 bridgehead atoms. The van der Waals surface area contributed by atoms with Crippen LogP contribution >= 0.6 is 11.8 Å². The quantitative estimate of drug-likeness (QED) is 0.509. The Kier molecular flexibility index (Phi) is 3.90. The largest absolute Gasteiger partial charge is 0.478 e. The highest BCUT2D eigenvalue weighted by Gasteiger charge is 2.12. The minimum Gasteiger partial charge on any atom is -0.478 e. The van der Waals surface area contributed by atoms with Gasteiger partial charge in [-0.05, 0) is 30.3 Å². The lowest BCUT2D eigenvalue weighted by Crippen LogP contribution is -1.99. The number of nitro benzene ring substituents is 1. The van der Waals surface area contributed by atoms with Crippen molar-refractivity contribution in [3.63, 3.8) is 0 Å². The van der Waals surface area contributed by atoms with E-state index in [-0.39, 0.29) is 11.3 Å². The molecule has 2 aromatic rings. The molecule has 0 amide bonds. The van der Waals surface area contributed by atoms with Gasteiger partial charge >= 0.3 is 5.97 Å². The second kappa shape index (κ2) is 5.62. The molecule has 20 heavy (non-hydrogen) atoms. The summed E-state index contributed by atoms with van der Waals surface area (Å²) in [6.45, 7) is 0. The predicted octanol–water partition coefficient (Wildman–Crippen LogP) is 3.03. The van der Waals surface area contributed by atoms with Gasteiger partial charge in [-0.3, -0.25) is 10.1 Å². The first kappa shape index (κ1) is 13.9. The molecule has 0 aliphatic carbocycles. The highest BCUT2D eigenvalue weighted by Crippen LogP contribution is 2.32. The predicted molar refractivity (Wildman–Crippen MR) is 75.0 cm³/mol. The maximum Gasteiger partial charge on any atom is 0.336 e. The van der Waals surface area contributed by atoms with Crippen LogP contribution in [0.2, 0.25) is 0 Å². The summed E-state index contributed by atoms with van der Waals surface area (Å²) in [4.78, 5) is 22.4. The maximum atomic E-state index is 11.1. The number of nitrogen functional groups attached to an aromatic ring is 1. The zero-order valence-electron chi connectivity index (χ0n) is 10.1. The molecule has 0 unspecified atom stereocenters. The van der Waals surface area contributed by atoms with Crippen molar-refractivity contribution in [2.45, 2.75) is 9.79 Å². The number of carboxylic acid groups (broad SMARTS) is 1. The summed E-state index contributed by atoms with van der Waals surface area (Å²) in [6.07, 6.45) is 0. The van der Waals surface area contributed by atoms with Gasteiger partial charge in [0.2, 0.25) is 0 Å². The van der Waals surface area contributed by atoms with Gasteiger partial charge in [0.05, 0.1) is 10.5 Å². The molecule has 0 saturated carbocycles. The molecule has 0 atom stereocenters. The fourth-order valence-corrected chi connectivity index (χ4v) is 2.55. The van der Waals surface area contributed by atoms with Crippen LogP contribution in [0.25, 0.3) is 0 Å². The van der Waals surface area contributed by atoms with Crippen molar-refractivity contribution < 1.29 is 14.8 Å². The molecular formula is C13H10N2O4S. The second-order valence-electron chi connectivity index (χ2n) is 3.91. The lowest BCUT2D eigenvalue weighted by molar-refractivity contribution is -0.384. The Morgan fingerprint density at radius 1 is 1.20 bits per heavy atom. The molecule has 7 heteroatoms. The average Bonchev–Trinajstić information content (AvgIpc) is 2.39. The number of nitrogens with two attached hydrogens (primary N) is 1. The minimum atomic E-state index is -1.05. The summed E-state index contributed by atoms with van der Waals surface area (Å²) in [6, 6.07) is 10.4. The number of carboxylic acids is 1. The molecule has 2 rings (SSSR count). The third kappa shape index (κ3) is 3.07. The standard InChI is InChI=1S/C13H10N2O4S/c14-8-1-6-11(13(16)17)12(7-8)20-10-4-2-9(3-5-10)15(18)19/h1-7H,14H2,(H,16,17). The van der Waals surface area contributed by atoms with Crippen molar-refractivity contribution in [1.82, 2.24) is 0 Å². The van der Waals surface area contributed by atoms with Crippen LogP contribution in [0.15, 0.2) is 52.3 Å². The van der Waals surface area contributed by atoms with Gasteiger partial charge in [-0.25, -0.2) is 4.79 Å². The van der Waals surface area contributed by atoms with Crippen LogP contribution in [0.1, 0.15) is 10.4 Å². The van der Waals surface area contributed by atoms with Gasteiger partial charge in [0.1, 0.15) is 0 Å². The molecule has 3 N–H and O–H groups in total. The Labute approximate surface area is 118 Å². The van der Waals surface area contributed by atoms with E-state index >= 15 is 0 Å². The summed E-state index contributed by atoms with van der Waals surface area (Å²) < 4.78 is 0. The van der Waals surface area contributed by atoms with E-state index in [4.69, 9.17) is 10.8 Å². The van der Waals surface area contributed by atoms with Crippen LogP contribution in [0.4, 0.5) is 11.4 Å². The van der Waals surface area contributed by atoms with Crippen molar-refractivity contribution in [3.8, 4) is 0 Å². The lowest BCUT2D eigenvalue weighted by Gasteiger charge is -2.06. The summed E-state index contributed by atoms with van der Waals surface area (Å²) in [5, 5.41) is 19.7. The van der Waals surface area contributed by atoms with E-state index in [0.29, 0.717) is 15.5 Å². The van der Waals surface area contributed by atoms with E-state index in [0.717, 1.165) is 0 Å². The third-order valence-corrected chi connectivity index (χ3v) is 3.58. The van der Waals surface area contributed by atoms with Gasteiger partial charge in [0.25, 0.3) is 5.69 Å². The lowest BCUT2D eigenvalue weighted by atomic mass is 10.2. The SMILES string of the molecule is Nc1ccc(C(=O)O)c(Sc2ccc([N+](=O)[O-])cc2)c1. The number of anilines is 1. The van der Waals surface area contributed by atoms with Gasteiger partial charge in [-0.2, -0.15) is 0 Å². The first-order valence-corrected chi connectivity index (χ1v) is 6.34. The van der Waals surface area contributed by atoms with Gasteiger partial charge in [0.15, 0.2) is 0 Å². The zero-order valence-corrected chi connectivity index (χ0v) is 11.0. The number of hydrogen-bond acceptors (Lipinski definition) is 5. The molecule has 0 fully saturated rings. The van der Waals surface area contributed by atoms with Gasteiger partial charge < -0.3 is 10.8 Å². The number of non-ortho nitro benzene ring substituents is 1. The van der Waals surface area contributed by atoms with Crippen molar-refractivity contribution in [3.05, 3.63) is 58.1 Å². The summed E-state index contributed by atoms with van der Waals surface area (Å²) in [7, 11) is 0. The number of nitro groups is 1. The molecule has 6 nitrogen and oxygen atoms in total. The van der Waals surface area contributed by atoms with Crippen LogP contribution in [0.5, 0.6) is 0 Å². The van der Waals surface area contributed by atoms with E-state index < -0.39 is 10.9 Å². The number of hydrogen-bond donors (Lipinski definition) is 2. The van der Waals surface area contributed by atoms with Crippen LogP contribution in [-0.4, -0.2) is 16.0 Å². The third-order valence-electron chi connectivity index (χ3n) is 2.51. The smallest absolute Gasteiger partial charge is 0.336 e. The normalized spacial score (nSPS) is 10.2. The summed E-state index contributed by atoms with van der Waals surface area (Å²) in [5.74, 6) is -1.05. The average molecular weight is 290 g/mol. The van der Waals surface area contributed by atoms with Crippen molar-refractivity contribution >= 4 is 29.1 Å². The molecule has 2 aromatic carbocycles. The number of benzene rings is 2. The van der Waals surface area contributed by atoms with Crippen LogP contribution in [0.3, 0.4) is 0 Å². The topological polar surface area (TPSA) is 106 Å². The van der Waals surface area contributed by atoms with E-state index in [9.17, 15) is 14.9 Å². The first-order valence-electron chi connectivity index (χ1n) is 5.52. The Bertz CT molecular complexity index is 671. The molecule has 0 radical (unpaired) electrons. The number of nitrogens with zero attached hydrogens (tertiary/aromatic N) is 1. The number of aromatic carboxylic acids is 1. The molecule has 0 aromatic heterocycles. The number of rotatable bonds is 4. The van der Waals surface area contributed by atoms with Crippen molar-refractivity contribution in [2.24, 2.45) is 0 Å². The molecule has 0 aliphatic rings. The van der Waals surface area contributed by atoms with E-state index in [1.165, 1.54) is 36.0 Å². The minimum absolute atomic E-state index is 0.0135. The van der Waals surface area contributed by atoms with Crippen LogP contribution in [0, 0.1) is 10.1 Å². The maximum absolute atomic E-state index is 11.1. The van der Waals surface area contributed by atoms with Crippen molar-refractivity contribution in [1.29, 1.82) is 0 Å². The van der Waals surface area contributed by atoms with Crippen LogP contribution < -0.4 is 5.73 Å². The molecular weight excluding hydrogens is 280 g/mol. The Balaban J connectivity index is 2.31. The number of carbonyl (C=O) groups is 1. The molecule has 0 aliphatic heterocycles. The van der Waals surface area contributed by atoms with E-state index in [1.54, 1.807) is 18.2 Å². The van der Waals surface area contributed by atoms with E-state index in [2.05, 4.69) is 0 Å². The Hall–Kier alpha value is -2.54. The van der Waals surface area contributed by atoms with Crippen molar-refractivity contribution in [2.75, 3.05) is 5.73 Å². The fourth-order valence-electron chi connectivity index (χ4n) is 1.56. The summed E-state index contributed by atoms with van der Waals surface area (Å²) >= 11 is 1.19. The Morgan fingerprint density at radius 2 is 1.85 bits per heavy atom. The monoisotopic (exact) mass is 290 g/mol. The summed E-state index contributed by atoms with van der Waals surface area (Å²) in [5.41, 5.74) is 6.24. The molecule has 0 spiro atoms. The van der Waals surface area contributed by atoms with Gasteiger partial charge in [0, 0.05) is 27.6 Å². The first-order chi connectivity index (χ1) is 9.47. The van der Waals surface area contributed by atoms with Gasteiger partial charge in [-0.1, -0.05) is 11.8 Å². The fraction of sp³-hybridized carbons (Fsp3) is 0. The molecule has 0 heterocycles. The molecule has 0 saturated heterocycles. The zero-order chi connectivity index (χ0) is 14.7. The Morgan fingerprint density at radius 3 is 2.40 bits per heavy atom. The second-order valence-corrected chi connectivity index (χ2v) is 5.03.